The van der Waals surface area contributed by atoms with Crippen molar-refractivity contribution in [2.24, 2.45) is 5.73 Å². The average molecular weight is 612 g/mol. The minimum absolute atomic E-state index is 0.0162. The Morgan fingerprint density at radius 2 is 1.69 bits per heavy atom. The molecule has 0 atom stereocenters. The molecule has 0 saturated carbocycles. The SMILES string of the molecule is Cc1ccc(N(OC(=O)C(F)(F)F)C(=O)c2ccc(CN)cc2)cc1Nc1cc(-c2cccc3c2oc2ccccc23)ncn1. The van der Waals surface area contributed by atoms with E-state index in [1.807, 2.05) is 42.5 Å². The van der Waals surface area contributed by atoms with Gasteiger partial charge in [-0.1, -0.05) is 48.5 Å². The maximum absolute atomic E-state index is 13.3. The summed E-state index contributed by atoms with van der Waals surface area (Å²) in [7, 11) is 0. The number of nitrogens with zero attached hydrogens (tertiary/aromatic N) is 3. The Morgan fingerprint density at radius 1 is 0.933 bits per heavy atom. The number of aromatic nitrogens is 2. The van der Waals surface area contributed by atoms with Crippen molar-refractivity contribution in [3.63, 3.8) is 0 Å². The Morgan fingerprint density at radius 3 is 2.44 bits per heavy atom. The molecule has 0 fully saturated rings. The number of para-hydroxylation sites is 2. The molecule has 0 radical (unpaired) electrons. The quantitative estimate of drug-likeness (QED) is 0.189. The molecule has 0 spiro atoms. The summed E-state index contributed by atoms with van der Waals surface area (Å²) < 4.78 is 45.7. The summed E-state index contributed by atoms with van der Waals surface area (Å²) in [5.74, 6) is -3.19. The van der Waals surface area contributed by atoms with E-state index in [2.05, 4.69) is 20.1 Å². The summed E-state index contributed by atoms with van der Waals surface area (Å²) in [6.07, 6.45) is -3.97. The van der Waals surface area contributed by atoms with E-state index in [1.165, 1.54) is 30.6 Å². The second-order valence-corrected chi connectivity index (χ2v) is 10.1. The zero-order valence-electron chi connectivity index (χ0n) is 23.6. The number of rotatable bonds is 6. The number of hydroxylamine groups is 1. The predicted molar refractivity (Wildman–Crippen MR) is 162 cm³/mol. The van der Waals surface area contributed by atoms with E-state index in [4.69, 9.17) is 10.2 Å². The van der Waals surface area contributed by atoms with Gasteiger partial charge < -0.3 is 20.3 Å². The lowest BCUT2D eigenvalue weighted by atomic mass is 10.1. The van der Waals surface area contributed by atoms with Gasteiger partial charge in [0.1, 0.15) is 23.3 Å². The van der Waals surface area contributed by atoms with Gasteiger partial charge in [0.15, 0.2) is 0 Å². The zero-order chi connectivity index (χ0) is 31.7. The van der Waals surface area contributed by atoms with Crippen LogP contribution in [0.4, 0.5) is 30.4 Å². The molecule has 6 rings (SSSR count). The van der Waals surface area contributed by atoms with E-state index in [-0.39, 0.29) is 17.8 Å². The van der Waals surface area contributed by atoms with Gasteiger partial charge in [-0.3, -0.25) is 4.79 Å². The lowest BCUT2D eigenvalue weighted by Gasteiger charge is -2.23. The second-order valence-electron chi connectivity index (χ2n) is 10.1. The molecule has 226 valence electrons. The first-order valence-electron chi connectivity index (χ1n) is 13.7. The largest absolute Gasteiger partial charge is 0.493 e. The number of amides is 1. The zero-order valence-corrected chi connectivity index (χ0v) is 23.6. The van der Waals surface area contributed by atoms with Crippen LogP contribution < -0.4 is 16.1 Å². The number of aryl methyl sites for hydroxylation is 1. The molecule has 0 unspecified atom stereocenters. The standard InChI is InChI=1S/C33H24F3N5O4/c1-19-9-14-22(41(45-32(43)33(34,35)36)31(42)21-12-10-20(17-37)11-13-21)15-26(19)40-29-16-27(38-18-39-29)25-7-4-6-24-23-5-2-3-8-28(23)44-30(24)25/h2-16,18H,17,37H2,1H3,(H,38,39,40). The maximum atomic E-state index is 13.3. The fraction of sp³-hybridized carbons (Fsp3) is 0.0909. The third-order valence-corrected chi connectivity index (χ3v) is 7.09. The third kappa shape index (κ3) is 5.91. The van der Waals surface area contributed by atoms with E-state index in [9.17, 15) is 22.8 Å². The average Bonchev–Trinajstić information content (AvgIpc) is 3.43. The van der Waals surface area contributed by atoms with Crippen LogP contribution in [0.2, 0.25) is 0 Å². The highest BCUT2D eigenvalue weighted by Crippen LogP contribution is 2.36. The van der Waals surface area contributed by atoms with Crippen molar-refractivity contribution in [2.75, 3.05) is 10.4 Å². The molecule has 0 bridgehead atoms. The summed E-state index contributed by atoms with van der Waals surface area (Å²) in [6.45, 7) is 1.95. The van der Waals surface area contributed by atoms with Crippen LogP contribution >= 0.6 is 0 Å². The highest BCUT2D eigenvalue weighted by atomic mass is 19.4. The molecule has 9 nitrogen and oxygen atoms in total. The van der Waals surface area contributed by atoms with Crippen LogP contribution in [0, 0.1) is 6.92 Å². The minimum atomic E-state index is -5.34. The molecule has 0 aliphatic heterocycles. The van der Waals surface area contributed by atoms with E-state index in [0.29, 0.717) is 39.0 Å². The summed E-state index contributed by atoms with van der Waals surface area (Å²) >= 11 is 0. The number of fused-ring (bicyclic) bond motifs is 3. The molecule has 3 N–H and O–H groups in total. The number of hydrogen-bond donors (Lipinski definition) is 2. The Bertz CT molecular complexity index is 2060. The smallest absolute Gasteiger partial charge is 0.455 e. The van der Waals surface area contributed by atoms with Crippen molar-refractivity contribution in [3.8, 4) is 11.3 Å². The van der Waals surface area contributed by atoms with Gasteiger partial charge >= 0.3 is 12.1 Å². The number of benzene rings is 4. The summed E-state index contributed by atoms with van der Waals surface area (Å²) in [4.78, 5) is 38.5. The first-order chi connectivity index (χ1) is 21.6. The first kappa shape index (κ1) is 29.3. The molecule has 2 aromatic heterocycles. The number of carbonyl (C=O) groups excluding carboxylic acids is 2. The van der Waals surface area contributed by atoms with Crippen LogP contribution in [0.25, 0.3) is 33.2 Å². The van der Waals surface area contributed by atoms with Gasteiger partial charge in [-0.25, -0.2) is 14.8 Å². The lowest BCUT2D eigenvalue weighted by molar-refractivity contribution is -0.199. The van der Waals surface area contributed by atoms with Gasteiger partial charge in [0.25, 0.3) is 5.91 Å². The molecule has 2 heterocycles. The van der Waals surface area contributed by atoms with Crippen LogP contribution in [-0.4, -0.2) is 28.0 Å². The van der Waals surface area contributed by atoms with Gasteiger partial charge in [-0.15, -0.1) is 5.06 Å². The number of carbonyl (C=O) groups is 2. The lowest BCUT2D eigenvalue weighted by Crippen LogP contribution is -2.38. The van der Waals surface area contributed by atoms with Crippen LogP contribution in [0.1, 0.15) is 21.5 Å². The Kier molecular flexibility index (Phi) is 7.65. The first-order valence-corrected chi connectivity index (χ1v) is 13.7. The third-order valence-electron chi connectivity index (χ3n) is 7.09. The van der Waals surface area contributed by atoms with Gasteiger partial charge in [0, 0.05) is 40.2 Å². The monoisotopic (exact) mass is 611 g/mol. The van der Waals surface area contributed by atoms with Gasteiger partial charge in [0.05, 0.1) is 11.4 Å². The van der Waals surface area contributed by atoms with Crippen molar-refractivity contribution in [1.82, 2.24) is 9.97 Å². The molecule has 4 aromatic carbocycles. The van der Waals surface area contributed by atoms with E-state index in [1.54, 1.807) is 31.2 Å². The Hall–Kier alpha value is -5.75. The number of nitrogens with one attached hydrogen (secondary N) is 1. The Balaban J connectivity index is 1.34. The van der Waals surface area contributed by atoms with Crippen LogP contribution in [0.3, 0.4) is 0 Å². The summed E-state index contributed by atoms with van der Waals surface area (Å²) in [5, 5.41) is 5.34. The van der Waals surface area contributed by atoms with E-state index < -0.39 is 18.1 Å². The number of nitrogens with two attached hydrogens (primary N) is 1. The van der Waals surface area contributed by atoms with Crippen molar-refractivity contribution in [1.29, 1.82) is 0 Å². The number of halogens is 3. The normalized spacial score (nSPS) is 11.5. The highest BCUT2D eigenvalue weighted by molar-refractivity contribution is 6.09. The van der Waals surface area contributed by atoms with Crippen molar-refractivity contribution in [3.05, 3.63) is 114 Å². The Labute approximate surface area is 254 Å². The number of hydrogen-bond acceptors (Lipinski definition) is 8. The maximum Gasteiger partial charge on any atom is 0.493 e. The molecule has 1 amide bonds. The molecule has 12 heteroatoms. The van der Waals surface area contributed by atoms with Gasteiger partial charge in [-0.05, 0) is 54.4 Å². The molecular formula is C33H24F3N5O4. The molecule has 6 aromatic rings. The van der Waals surface area contributed by atoms with Crippen molar-refractivity contribution < 1.29 is 32.0 Å². The second kappa shape index (κ2) is 11.7. The molecular weight excluding hydrogens is 587 g/mol. The topological polar surface area (TPSA) is 124 Å². The number of furan rings is 1. The van der Waals surface area contributed by atoms with Crippen LogP contribution in [-0.2, 0) is 16.2 Å². The van der Waals surface area contributed by atoms with Crippen LogP contribution in [0.15, 0.2) is 102 Å². The van der Waals surface area contributed by atoms with Gasteiger partial charge in [0.2, 0.25) is 0 Å². The fourth-order valence-corrected chi connectivity index (χ4v) is 4.78. The van der Waals surface area contributed by atoms with E-state index >= 15 is 0 Å². The fourth-order valence-electron chi connectivity index (χ4n) is 4.78. The van der Waals surface area contributed by atoms with Crippen molar-refractivity contribution in [2.45, 2.75) is 19.6 Å². The number of anilines is 3. The number of alkyl halides is 3. The summed E-state index contributed by atoms with van der Waals surface area (Å²) in [6, 6.07) is 25.3. The summed E-state index contributed by atoms with van der Waals surface area (Å²) in [5.41, 5.74) is 9.90. The van der Waals surface area contributed by atoms with Crippen molar-refractivity contribution >= 4 is 51.0 Å². The molecule has 45 heavy (non-hydrogen) atoms. The van der Waals surface area contributed by atoms with Crippen LogP contribution in [0.5, 0.6) is 0 Å². The van der Waals surface area contributed by atoms with E-state index in [0.717, 1.165) is 21.9 Å². The molecule has 0 saturated heterocycles. The minimum Gasteiger partial charge on any atom is -0.455 e. The highest BCUT2D eigenvalue weighted by Gasteiger charge is 2.44. The predicted octanol–water partition coefficient (Wildman–Crippen LogP) is 7.22. The molecule has 0 aliphatic carbocycles. The molecule has 0 aliphatic rings. The van der Waals surface area contributed by atoms with Gasteiger partial charge in [-0.2, -0.15) is 13.2 Å².